The van der Waals surface area contributed by atoms with Gasteiger partial charge >= 0.3 is 0 Å². The SMILES string of the molecule is CC(C)[C@@H](NC(=O)c1cc(S(=O)(=O)N(C)C)ccc1Cl)c1ccccc1. The van der Waals surface area contributed by atoms with Crippen molar-refractivity contribution in [1.82, 2.24) is 9.62 Å². The van der Waals surface area contributed by atoms with Crippen LogP contribution in [0.25, 0.3) is 0 Å². The molecule has 2 aromatic rings. The summed E-state index contributed by atoms with van der Waals surface area (Å²) in [5.74, 6) is -0.262. The first-order valence-corrected chi connectivity index (χ1v) is 10.0. The topological polar surface area (TPSA) is 66.5 Å². The van der Waals surface area contributed by atoms with E-state index < -0.39 is 15.9 Å². The lowest BCUT2D eigenvalue weighted by Crippen LogP contribution is -2.32. The second-order valence-electron chi connectivity index (χ2n) is 6.53. The Balaban J connectivity index is 2.37. The molecule has 0 unspecified atom stereocenters. The summed E-state index contributed by atoms with van der Waals surface area (Å²) in [4.78, 5) is 12.8. The van der Waals surface area contributed by atoms with Crippen LogP contribution in [0.1, 0.15) is 35.8 Å². The molecule has 0 bridgehead atoms. The van der Waals surface area contributed by atoms with Crippen molar-refractivity contribution in [2.24, 2.45) is 5.92 Å². The van der Waals surface area contributed by atoms with Crippen LogP contribution in [0.3, 0.4) is 0 Å². The number of hydrogen-bond donors (Lipinski definition) is 1. The van der Waals surface area contributed by atoms with Crippen molar-refractivity contribution in [3.63, 3.8) is 0 Å². The van der Waals surface area contributed by atoms with Crippen LogP contribution >= 0.6 is 11.6 Å². The van der Waals surface area contributed by atoms with E-state index in [4.69, 9.17) is 11.6 Å². The second-order valence-corrected chi connectivity index (χ2v) is 9.09. The van der Waals surface area contributed by atoms with E-state index in [1.807, 2.05) is 44.2 Å². The molecule has 0 spiro atoms. The Morgan fingerprint density at radius 1 is 1.08 bits per heavy atom. The summed E-state index contributed by atoms with van der Waals surface area (Å²) in [5.41, 5.74) is 1.11. The molecule has 1 N–H and O–H groups in total. The summed E-state index contributed by atoms with van der Waals surface area (Å²) < 4.78 is 25.7. The summed E-state index contributed by atoms with van der Waals surface area (Å²) in [5, 5.41) is 3.17. The molecule has 7 heteroatoms. The number of carbonyl (C=O) groups is 1. The number of nitrogens with one attached hydrogen (secondary N) is 1. The maximum absolute atomic E-state index is 12.8. The molecule has 0 aliphatic rings. The van der Waals surface area contributed by atoms with Crippen LogP contribution < -0.4 is 5.32 Å². The first-order valence-electron chi connectivity index (χ1n) is 8.22. The molecule has 0 radical (unpaired) electrons. The van der Waals surface area contributed by atoms with Crippen LogP contribution in [0.4, 0.5) is 0 Å². The fourth-order valence-corrected chi connectivity index (χ4v) is 3.70. The molecule has 2 aromatic carbocycles. The molecule has 0 fully saturated rings. The molecule has 26 heavy (non-hydrogen) atoms. The van der Waals surface area contributed by atoms with E-state index in [0.29, 0.717) is 0 Å². The third kappa shape index (κ3) is 4.44. The van der Waals surface area contributed by atoms with Gasteiger partial charge in [0.2, 0.25) is 10.0 Å². The minimum absolute atomic E-state index is 0.0258. The molecule has 0 saturated heterocycles. The maximum Gasteiger partial charge on any atom is 0.253 e. The van der Waals surface area contributed by atoms with Crippen LogP contribution in [0.2, 0.25) is 5.02 Å². The van der Waals surface area contributed by atoms with Gasteiger partial charge in [0.15, 0.2) is 0 Å². The lowest BCUT2D eigenvalue weighted by atomic mass is 9.95. The average Bonchev–Trinajstić information content (AvgIpc) is 2.60. The quantitative estimate of drug-likeness (QED) is 0.811. The fraction of sp³-hybridized carbons (Fsp3) is 0.316. The molecule has 1 amide bonds. The summed E-state index contributed by atoms with van der Waals surface area (Å²) in [6.45, 7) is 4.01. The summed E-state index contributed by atoms with van der Waals surface area (Å²) in [6, 6.07) is 13.5. The molecular weight excluding hydrogens is 372 g/mol. The third-order valence-corrected chi connectivity index (χ3v) is 6.21. The van der Waals surface area contributed by atoms with Gasteiger partial charge in [0, 0.05) is 14.1 Å². The summed E-state index contributed by atoms with van der Waals surface area (Å²) >= 11 is 6.16. The third-order valence-electron chi connectivity index (χ3n) is 4.07. The van der Waals surface area contributed by atoms with Gasteiger partial charge in [0.05, 0.1) is 21.5 Å². The predicted octanol–water partition coefficient (Wildman–Crippen LogP) is 3.72. The van der Waals surface area contributed by atoms with Gasteiger partial charge < -0.3 is 5.32 Å². The maximum atomic E-state index is 12.8. The molecule has 0 aromatic heterocycles. The highest BCUT2D eigenvalue weighted by Gasteiger charge is 2.23. The number of carbonyl (C=O) groups excluding carboxylic acids is 1. The molecular formula is C19H23ClN2O3S. The minimum atomic E-state index is -3.65. The normalized spacial score (nSPS) is 13.0. The molecule has 140 valence electrons. The molecule has 1 atom stereocenters. The first-order chi connectivity index (χ1) is 12.1. The van der Waals surface area contributed by atoms with Crippen molar-refractivity contribution >= 4 is 27.5 Å². The number of amides is 1. The molecule has 2 rings (SSSR count). The summed E-state index contributed by atoms with van der Waals surface area (Å²) in [7, 11) is -0.775. The number of hydrogen-bond acceptors (Lipinski definition) is 3. The van der Waals surface area contributed by atoms with E-state index >= 15 is 0 Å². The van der Waals surface area contributed by atoms with Crippen molar-refractivity contribution in [3.05, 3.63) is 64.7 Å². The zero-order valence-corrected chi connectivity index (χ0v) is 16.8. The van der Waals surface area contributed by atoms with Crippen LogP contribution in [-0.4, -0.2) is 32.7 Å². The monoisotopic (exact) mass is 394 g/mol. The molecule has 0 aliphatic carbocycles. The van der Waals surface area contributed by atoms with Gasteiger partial charge in [0.1, 0.15) is 0 Å². The Bertz CT molecular complexity index is 881. The zero-order chi connectivity index (χ0) is 19.5. The Kier molecular flexibility index (Phi) is 6.44. The highest BCUT2D eigenvalue weighted by Crippen LogP contribution is 2.25. The number of nitrogens with zero attached hydrogens (tertiary/aromatic N) is 1. The van der Waals surface area contributed by atoms with Gasteiger partial charge in [-0.05, 0) is 29.7 Å². The van der Waals surface area contributed by atoms with Crippen molar-refractivity contribution < 1.29 is 13.2 Å². The number of halogens is 1. The standard InChI is InChI=1S/C19H23ClN2O3S/c1-13(2)18(14-8-6-5-7-9-14)21-19(23)16-12-15(10-11-17(16)20)26(24,25)22(3)4/h5-13,18H,1-4H3,(H,21,23)/t18-/m1/s1. The van der Waals surface area contributed by atoms with Crippen molar-refractivity contribution in [2.75, 3.05) is 14.1 Å². The number of sulfonamides is 1. The smallest absolute Gasteiger partial charge is 0.253 e. The van der Waals surface area contributed by atoms with E-state index in [9.17, 15) is 13.2 Å². The van der Waals surface area contributed by atoms with Gasteiger partial charge in [0.25, 0.3) is 5.91 Å². The van der Waals surface area contributed by atoms with E-state index in [1.165, 1.54) is 32.3 Å². The molecule has 0 heterocycles. The highest BCUT2D eigenvalue weighted by atomic mass is 35.5. The Morgan fingerprint density at radius 3 is 2.23 bits per heavy atom. The lowest BCUT2D eigenvalue weighted by Gasteiger charge is -2.23. The van der Waals surface area contributed by atoms with Crippen LogP contribution in [0.5, 0.6) is 0 Å². The molecule has 0 saturated carbocycles. The van der Waals surface area contributed by atoms with E-state index in [1.54, 1.807) is 0 Å². The minimum Gasteiger partial charge on any atom is -0.345 e. The largest absolute Gasteiger partial charge is 0.345 e. The Morgan fingerprint density at radius 2 is 1.69 bits per heavy atom. The van der Waals surface area contributed by atoms with Gasteiger partial charge in [-0.1, -0.05) is 55.8 Å². The van der Waals surface area contributed by atoms with Crippen molar-refractivity contribution in [1.29, 1.82) is 0 Å². The van der Waals surface area contributed by atoms with Gasteiger partial charge in [-0.2, -0.15) is 0 Å². The second kappa shape index (κ2) is 8.20. The van der Waals surface area contributed by atoms with E-state index in [0.717, 1.165) is 9.87 Å². The van der Waals surface area contributed by atoms with Crippen molar-refractivity contribution in [3.8, 4) is 0 Å². The molecule has 0 aliphatic heterocycles. The average molecular weight is 395 g/mol. The Hall–Kier alpha value is -1.89. The fourth-order valence-electron chi connectivity index (χ4n) is 2.56. The lowest BCUT2D eigenvalue weighted by molar-refractivity contribution is 0.0925. The van der Waals surface area contributed by atoms with E-state index in [-0.39, 0.29) is 27.4 Å². The molecule has 5 nitrogen and oxygen atoms in total. The van der Waals surface area contributed by atoms with E-state index in [2.05, 4.69) is 5.32 Å². The Labute approximate surface area is 160 Å². The van der Waals surface area contributed by atoms with Gasteiger partial charge in [-0.3, -0.25) is 4.79 Å². The van der Waals surface area contributed by atoms with Crippen LogP contribution in [-0.2, 0) is 10.0 Å². The zero-order valence-electron chi connectivity index (χ0n) is 15.2. The highest BCUT2D eigenvalue weighted by molar-refractivity contribution is 7.89. The van der Waals surface area contributed by atoms with Gasteiger partial charge in [-0.15, -0.1) is 0 Å². The van der Waals surface area contributed by atoms with Crippen LogP contribution in [0.15, 0.2) is 53.4 Å². The number of benzene rings is 2. The van der Waals surface area contributed by atoms with Crippen molar-refractivity contribution in [2.45, 2.75) is 24.8 Å². The van der Waals surface area contributed by atoms with Gasteiger partial charge in [-0.25, -0.2) is 12.7 Å². The summed E-state index contributed by atoms with van der Waals surface area (Å²) in [6.07, 6.45) is 0. The first kappa shape index (κ1) is 20.4. The number of rotatable bonds is 6. The predicted molar refractivity (Wildman–Crippen MR) is 104 cm³/mol. The van der Waals surface area contributed by atoms with Crippen LogP contribution in [0, 0.1) is 5.92 Å².